The van der Waals surface area contributed by atoms with Crippen LogP contribution in [0.4, 0.5) is 0 Å². The maximum absolute atomic E-state index is 12.0. The zero-order chi connectivity index (χ0) is 18.1. The number of nitrogens with zero attached hydrogens (tertiary/aromatic N) is 1. The Morgan fingerprint density at radius 2 is 1.68 bits per heavy atom. The van der Waals surface area contributed by atoms with E-state index in [1.54, 1.807) is 4.90 Å². The Hall–Kier alpha value is -2.57. The van der Waals surface area contributed by atoms with E-state index in [1.165, 1.54) is 24.3 Å². The first-order valence-corrected chi connectivity index (χ1v) is 8.68. The van der Waals surface area contributed by atoms with Gasteiger partial charge in [0.05, 0.1) is 6.54 Å². The van der Waals surface area contributed by atoms with Gasteiger partial charge in [-0.2, -0.15) is 0 Å². The highest BCUT2D eigenvalue weighted by atomic mass is 16.3. The predicted octanol–water partition coefficient (Wildman–Crippen LogP) is 1.03. The second-order valence-electron chi connectivity index (χ2n) is 6.13. The number of phenolic OH excluding ortho intramolecular Hbond substituents is 1. The molecule has 0 unspecified atom stereocenters. The van der Waals surface area contributed by atoms with Crippen molar-refractivity contribution in [1.82, 2.24) is 15.5 Å². The number of rotatable bonds is 6. The molecule has 1 saturated heterocycles. The standard InChI is InChI=1S/C18H25N3O4/c22-15-8-6-14(7-9-15)18(25)20-11-10-19-16(23)13-21-12-4-2-1-3-5-17(21)24/h6-9,22H,1-5,10-13H2,(H,19,23)(H,20,25). The van der Waals surface area contributed by atoms with Gasteiger partial charge in [-0.3, -0.25) is 14.4 Å². The third-order valence-electron chi connectivity index (χ3n) is 4.12. The van der Waals surface area contributed by atoms with Crippen LogP contribution in [0.3, 0.4) is 0 Å². The maximum atomic E-state index is 12.0. The van der Waals surface area contributed by atoms with E-state index in [0.29, 0.717) is 31.6 Å². The number of aromatic hydroxyl groups is 1. The van der Waals surface area contributed by atoms with Crippen molar-refractivity contribution in [3.8, 4) is 5.75 Å². The molecule has 0 spiro atoms. The van der Waals surface area contributed by atoms with Crippen molar-refractivity contribution in [3.05, 3.63) is 29.8 Å². The Bertz CT molecular complexity index is 601. The van der Waals surface area contributed by atoms with Crippen LogP contribution in [0.2, 0.25) is 0 Å². The van der Waals surface area contributed by atoms with Gasteiger partial charge in [-0.25, -0.2) is 0 Å². The maximum Gasteiger partial charge on any atom is 0.251 e. The van der Waals surface area contributed by atoms with Crippen molar-refractivity contribution in [3.63, 3.8) is 0 Å². The number of carbonyl (C=O) groups is 3. The molecule has 136 valence electrons. The van der Waals surface area contributed by atoms with E-state index in [9.17, 15) is 19.5 Å². The average Bonchev–Trinajstić information content (AvgIpc) is 2.59. The highest BCUT2D eigenvalue weighted by molar-refractivity contribution is 5.94. The summed E-state index contributed by atoms with van der Waals surface area (Å²) < 4.78 is 0. The van der Waals surface area contributed by atoms with Crippen molar-refractivity contribution < 1.29 is 19.5 Å². The quantitative estimate of drug-likeness (QED) is 0.669. The number of amides is 3. The van der Waals surface area contributed by atoms with E-state index in [0.717, 1.165) is 25.7 Å². The molecule has 1 aromatic rings. The van der Waals surface area contributed by atoms with Gasteiger partial charge in [-0.05, 0) is 37.1 Å². The Balaban J connectivity index is 1.66. The summed E-state index contributed by atoms with van der Waals surface area (Å²) in [6.45, 7) is 1.29. The summed E-state index contributed by atoms with van der Waals surface area (Å²) in [5, 5.41) is 14.6. The largest absolute Gasteiger partial charge is 0.508 e. The Labute approximate surface area is 147 Å². The van der Waals surface area contributed by atoms with Gasteiger partial charge in [-0.15, -0.1) is 0 Å². The first-order chi connectivity index (χ1) is 12.1. The molecule has 1 fully saturated rings. The lowest BCUT2D eigenvalue weighted by molar-refractivity contribution is -0.136. The summed E-state index contributed by atoms with van der Waals surface area (Å²) in [4.78, 5) is 37.4. The zero-order valence-electron chi connectivity index (χ0n) is 14.3. The first-order valence-electron chi connectivity index (χ1n) is 8.68. The van der Waals surface area contributed by atoms with Crippen LogP contribution in [0.15, 0.2) is 24.3 Å². The van der Waals surface area contributed by atoms with Gasteiger partial charge in [0.25, 0.3) is 5.91 Å². The fraction of sp³-hybridized carbons (Fsp3) is 0.500. The highest BCUT2D eigenvalue weighted by Gasteiger charge is 2.18. The molecule has 3 N–H and O–H groups in total. The predicted molar refractivity (Wildman–Crippen MR) is 93.1 cm³/mol. The van der Waals surface area contributed by atoms with Crippen molar-refractivity contribution in [2.75, 3.05) is 26.2 Å². The van der Waals surface area contributed by atoms with Gasteiger partial charge in [0.15, 0.2) is 0 Å². The number of phenols is 1. The van der Waals surface area contributed by atoms with Crippen molar-refractivity contribution in [2.45, 2.75) is 32.1 Å². The second-order valence-corrected chi connectivity index (χ2v) is 6.13. The van der Waals surface area contributed by atoms with E-state index in [-0.39, 0.29) is 30.0 Å². The SMILES string of the molecule is O=C(CN1CCCCCCC1=O)NCCNC(=O)c1ccc(O)cc1. The van der Waals surface area contributed by atoms with Gasteiger partial charge in [0.2, 0.25) is 11.8 Å². The third-order valence-corrected chi connectivity index (χ3v) is 4.12. The van der Waals surface area contributed by atoms with Crippen LogP contribution in [0.1, 0.15) is 42.5 Å². The molecular weight excluding hydrogens is 322 g/mol. The summed E-state index contributed by atoms with van der Waals surface area (Å²) in [7, 11) is 0. The Morgan fingerprint density at radius 3 is 2.44 bits per heavy atom. The molecule has 0 atom stereocenters. The molecule has 0 saturated carbocycles. The number of hydrogen-bond donors (Lipinski definition) is 3. The fourth-order valence-corrected chi connectivity index (χ4v) is 2.70. The van der Waals surface area contributed by atoms with Gasteiger partial charge in [-0.1, -0.05) is 12.8 Å². The molecule has 0 aliphatic carbocycles. The fourth-order valence-electron chi connectivity index (χ4n) is 2.70. The zero-order valence-corrected chi connectivity index (χ0v) is 14.3. The molecule has 0 aromatic heterocycles. The van der Waals surface area contributed by atoms with Crippen LogP contribution in [0.5, 0.6) is 5.75 Å². The summed E-state index contributed by atoms with van der Waals surface area (Å²) in [6, 6.07) is 5.93. The lowest BCUT2D eigenvalue weighted by Crippen LogP contribution is -2.43. The van der Waals surface area contributed by atoms with E-state index in [4.69, 9.17) is 0 Å². The first kappa shape index (κ1) is 18.8. The van der Waals surface area contributed by atoms with E-state index >= 15 is 0 Å². The second kappa shape index (κ2) is 9.66. The summed E-state index contributed by atoms with van der Waals surface area (Å²) in [5.74, 6) is -0.348. The van der Waals surface area contributed by atoms with Gasteiger partial charge in [0.1, 0.15) is 5.75 Å². The van der Waals surface area contributed by atoms with E-state index in [2.05, 4.69) is 10.6 Å². The van der Waals surface area contributed by atoms with E-state index in [1.807, 2.05) is 0 Å². The molecule has 1 aliphatic rings. The van der Waals surface area contributed by atoms with Crippen LogP contribution in [0, 0.1) is 0 Å². The molecule has 0 radical (unpaired) electrons. The molecule has 25 heavy (non-hydrogen) atoms. The third kappa shape index (κ3) is 6.45. The highest BCUT2D eigenvalue weighted by Crippen LogP contribution is 2.11. The lowest BCUT2D eigenvalue weighted by atomic mass is 10.1. The van der Waals surface area contributed by atoms with Crippen LogP contribution in [-0.4, -0.2) is 53.9 Å². The lowest BCUT2D eigenvalue weighted by Gasteiger charge is -2.24. The van der Waals surface area contributed by atoms with Crippen LogP contribution >= 0.6 is 0 Å². The Morgan fingerprint density at radius 1 is 1.00 bits per heavy atom. The topological polar surface area (TPSA) is 98.7 Å². The molecule has 1 aromatic carbocycles. The van der Waals surface area contributed by atoms with Crippen molar-refractivity contribution in [2.24, 2.45) is 0 Å². The number of nitrogens with one attached hydrogen (secondary N) is 2. The minimum absolute atomic E-state index is 0.0375. The van der Waals surface area contributed by atoms with Crippen LogP contribution < -0.4 is 10.6 Å². The van der Waals surface area contributed by atoms with Gasteiger partial charge in [0, 0.05) is 31.6 Å². The van der Waals surface area contributed by atoms with Crippen LogP contribution in [0.25, 0.3) is 0 Å². The molecule has 0 bridgehead atoms. The molecular formula is C18H25N3O4. The number of likely N-dealkylation sites (tertiary alicyclic amines) is 1. The summed E-state index contributed by atoms with van der Waals surface area (Å²) in [6.07, 6.45) is 4.50. The molecule has 2 rings (SSSR count). The molecule has 7 nitrogen and oxygen atoms in total. The summed E-state index contributed by atoms with van der Waals surface area (Å²) in [5.41, 5.74) is 0.440. The minimum atomic E-state index is -0.270. The monoisotopic (exact) mass is 347 g/mol. The minimum Gasteiger partial charge on any atom is -0.508 e. The van der Waals surface area contributed by atoms with Gasteiger partial charge < -0.3 is 20.6 Å². The summed E-state index contributed by atoms with van der Waals surface area (Å²) >= 11 is 0. The average molecular weight is 347 g/mol. The Kier molecular flexibility index (Phi) is 7.25. The molecule has 7 heteroatoms. The number of carbonyl (C=O) groups excluding carboxylic acids is 3. The number of hydrogen-bond acceptors (Lipinski definition) is 4. The smallest absolute Gasteiger partial charge is 0.251 e. The molecule has 1 aliphatic heterocycles. The molecule has 3 amide bonds. The van der Waals surface area contributed by atoms with Crippen LogP contribution in [-0.2, 0) is 9.59 Å². The van der Waals surface area contributed by atoms with Gasteiger partial charge >= 0.3 is 0 Å². The van der Waals surface area contributed by atoms with Crippen molar-refractivity contribution in [1.29, 1.82) is 0 Å². The van der Waals surface area contributed by atoms with E-state index < -0.39 is 0 Å². The molecule has 1 heterocycles. The number of benzene rings is 1. The van der Waals surface area contributed by atoms with Crippen molar-refractivity contribution >= 4 is 17.7 Å². The normalized spacial score (nSPS) is 15.2.